The van der Waals surface area contributed by atoms with Crippen molar-refractivity contribution in [1.82, 2.24) is 9.88 Å². The first-order valence-electron chi connectivity index (χ1n) is 5.70. The summed E-state index contributed by atoms with van der Waals surface area (Å²) in [5.74, 6) is 0.0974. The number of hydrogen-bond acceptors (Lipinski definition) is 3. The van der Waals surface area contributed by atoms with E-state index in [1.165, 1.54) is 17.2 Å². The molecule has 1 saturated carbocycles. The number of amides is 1. The van der Waals surface area contributed by atoms with Crippen molar-refractivity contribution in [1.29, 1.82) is 0 Å². The van der Waals surface area contributed by atoms with E-state index in [1.807, 2.05) is 0 Å². The maximum absolute atomic E-state index is 11.9. The lowest BCUT2D eigenvalue weighted by Crippen LogP contribution is -2.35. The Kier molecular flexibility index (Phi) is 3.28. The Bertz CT molecular complexity index is 465. The number of aliphatic hydroxyl groups excluding tert-OH is 1. The number of hydrogen-bond donors (Lipinski definition) is 2. The molecule has 0 bridgehead atoms. The topological polar surface area (TPSA) is 73.4 Å². The van der Waals surface area contributed by atoms with E-state index in [9.17, 15) is 14.7 Å². The molecule has 1 heterocycles. The van der Waals surface area contributed by atoms with Crippen LogP contribution in [0.4, 0.5) is 0 Å². The Morgan fingerprint density at radius 2 is 2.35 bits per heavy atom. The molecule has 1 aromatic heterocycles. The van der Waals surface area contributed by atoms with Crippen LogP contribution in [0.3, 0.4) is 0 Å². The van der Waals surface area contributed by atoms with Gasteiger partial charge < -0.3 is 15.0 Å². The van der Waals surface area contributed by atoms with Gasteiger partial charge in [-0.25, -0.2) is 0 Å². The minimum Gasteiger partial charge on any atom is -0.391 e. The second-order valence-electron chi connectivity index (χ2n) is 4.53. The molecule has 1 amide bonds. The molecule has 1 unspecified atom stereocenters. The van der Waals surface area contributed by atoms with E-state index in [-0.39, 0.29) is 11.5 Å². The van der Waals surface area contributed by atoms with Crippen molar-refractivity contribution in [2.45, 2.75) is 18.9 Å². The normalized spacial score (nSPS) is 16.6. The molecule has 5 nitrogen and oxygen atoms in total. The van der Waals surface area contributed by atoms with Crippen molar-refractivity contribution < 1.29 is 9.90 Å². The summed E-state index contributed by atoms with van der Waals surface area (Å²) in [4.78, 5) is 26.9. The number of H-pyrrole nitrogens is 1. The number of rotatable bonds is 4. The van der Waals surface area contributed by atoms with Gasteiger partial charge in [-0.15, -0.1) is 0 Å². The Balaban J connectivity index is 2.01. The molecule has 0 aromatic carbocycles. The zero-order valence-corrected chi connectivity index (χ0v) is 9.72. The molecule has 1 fully saturated rings. The van der Waals surface area contributed by atoms with Gasteiger partial charge in [0.25, 0.3) is 5.91 Å². The predicted molar refractivity (Wildman–Crippen MR) is 62.8 cm³/mol. The summed E-state index contributed by atoms with van der Waals surface area (Å²) in [7, 11) is 1.63. The average molecular weight is 236 g/mol. The van der Waals surface area contributed by atoms with Gasteiger partial charge in [-0.3, -0.25) is 9.59 Å². The lowest BCUT2D eigenvalue weighted by Gasteiger charge is -2.20. The number of nitrogens with zero attached hydrogens (tertiary/aromatic N) is 1. The Morgan fingerprint density at radius 1 is 1.65 bits per heavy atom. The van der Waals surface area contributed by atoms with E-state index in [0.29, 0.717) is 18.0 Å². The molecule has 1 atom stereocenters. The molecule has 2 rings (SSSR count). The van der Waals surface area contributed by atoms with Crippen LogP contribution in [0.25, 0.3) is 0 Å². The zero-order chi connectivity index (χ0) is 12.4. The van der Waals surface area contributed by atoms with Crippen LogP contribution < -0.4 is 5.56 Å². The predicted octanol–water partition coefficient (Wildman–Crippen LogP) is 0.218. The van der Waals surface area contributed by atoms with Crippen LogP contribution in [0.5, 0.6) is 0 Å². The lowest BCUT2D eigenvalue weighted by atomic mass is 10.2. The van der Waals surface area contributed by atoms with Crippen LogP contribution in [-0.2, 0) is 0 Å². The molecular formula is C12H16N2O3. The minimum atomic E-state index is -0.453. The van der Waals surface area contributed by atoms with Crippen LogP contribution in [0.1, 0.15) is 23.2 Å². The van der Waals surface area contributed by atoms with Crippen molar-refractivity contribution in [3.63, 3.8) is 0 Å². The maximum atomic E-state index is 11.9. The van der Waals surface area contributed by atoms with Crippen molar-refractivity contribution >= 4 is 5.91 Å². The first kappa shape index (κ1) is 11.9. The number of aromatic nitrogens is 1. The summed E-state index contributed by atoms with van der Waals surface area (Å²) < 4.78 is 0. The Hall–Kier alpha value is -1.62. The average Bonchev–Trinajstić information content (AvgIpc) is 3.11. The van der Waals surface area contributed by atoms with E-state index in [1.54, 1.807) is 13.1 Å². The molecule has 17 heavy (non-hydrogen) atoms. The largest absolute Gasteiger partial charge is 0.391 e. The third-order valence-corrected chi connectivity index (χ3v) is 3.00. The highest BCUT2D eigenvalue weighted by molar-refractivity contribution is 5.93. The van der Waals surface area contributed by atoms with E-state index in [0.717, 1.165) is 12.8 Å². The van der Waals surface area contributed by atoms with Gasteiger partial charge in [-0.2, -0.15) is 0 Å². The monoisotopic (exact) mass is 236 g/mol. The molecule has 1 aliphatic rings. The van der Waals surface area contributed by atoms with Gasteiger partial charge >= 0.3 is 0 Å². The first-order valence-corrected chi connectivity index (χ1v) is 5.70. The summed E-state index contributed by atoms with van der Waals surface area (Å²) in [6.07, 6.45) is 3.06. The summed E-state index contributed by atoms with van der Waals surface area (Å²) in [5, 5.41) is 9.75. The standard InChI is InChI=1S/C12H16N2O3/c1-14(7-10(15)8-2-3-8)12(17)9-4-5-13-11(16)6-9/h4-6,8,10,15H,2-3,7H2,1H3,(H,13,16). The second kappa shape index (κ2) is 4.71. The van der Waals surface area contributed by atoms with Crippen molar-refractivity contribution in [3.05, 3.63) is 34.2 Å². The highest BCUT2D eigenvalue weighted by Gasteiger charge is 2.31. The summed E-state index contributed by atoms with van der Waals surface area (Å²) in [6.45, 7) is 0.316. The summed E-state index contributed by atoms with van der Waals surface area (Å²) >= 11 is 0. The van der Waals surface area contributed by atoms with Gasteiger partial charge in [0.05, 0.1) is 6.10 Å². The fraction of sp³-hybridized carbons (Fsp3) is 0.500. The van der Waals surface area contributed by atoms with Gasteiger partial charge in [-0.05, 0) is 24.8 Å². The number of pyridine rings is 1. The maximum Gasteiger partial charge on any atom is 0.253 e. The van der Waals surface area contributed by atoms with Crippen LogP contribution >= 0.6 is 0 Å². The number of nitrogens with one attached hydrogen (secondary N) is 1. The smallest absolute Gasteiger partial charge is 0.253 e. The first-order chi connectivity index (χ1) is 8.08. The number of carbonyl (C=O) groups is 1. The van der Waals surface area contributed by atoms with Gasteiger partial charge in [0, 0.05) is 31.4 Å². The third kappa shape index (κ3) is 2.94. The second-order valence-corrected chi connectivity index (χ2v) is 4.53. The van der Waals surface area contributed by atoms with Gasteiger partial charge in [0.15, 0.2) is 0 Å². The third-order valence-electron chi connectivity index (χ3n) is 3.00. The number of aliphatic hydroxyl groups is 1. The van der Waals surface area contributed by atoms with Crippen LogP contribution in [0, 0.1) is 5.92 Å². The van der Waals surface area contributed by atoms with Gasteiger partial charge in [0.2, 0.25) is 5.56 Å². The number of aromatic amines is 1. The molecule has 0 spiro atoms. The van der Waals surface area contributed by atoms with Crippen LogP contribution in [-0.4, -0.2) is 40.6 Å². The molecule has 92 valence electrons. The molecule has 0 saturated heterocycles. The summed E-state index contributed by atoms with van der Waals surface area (Å²) in [5.41, 5.74) is 0.0474. The van der Waals surface area contributed by atoms with Crippen LogP contribution in [0.2, 0.25) is 0 Å². The number of carbonyl (C=O) groups excluding carboxylic acids is 1. The quantitative estimate of drug-likeness (QED) is 0.785. The highest BCUT2D eigenvalue weighted by atomic mass is 16.3. The Labute approximate surface area is 99.1 Å². The van der Waals surface area contributed by atoms with Crippen molar-refractivity contribution in [3.8, 4) is 0 Å². The number of likely N-dealkylation sites (N-methyl/N-ethyl adjacent to an activating group) is 1. The van der Waals surface area contributed by atoms with E-state index < -0.39 is 6.10 Å². The molecule has 0 aliphatic heterocycles. The van der Waals surface area contributed by atoms with E-state index in [4.69, 9.17) is 0 Å². The van der Waals surface area contributed by atoms with E-state index in [2.05, 4.69) is 4.98 Å². The van der Waals surface area contributed by atoms with Crippen LogP contribution in [0.15, 0.2) is 23.1 Å². The molecule has 2 N–H and O–H groups in total. The van der Waals surface area contributed by atoms with Gasteiger partial charge in [0.1, 0.15) is 0 Å². The molecule has 5 heteroatoms. The SMILES string of the molecule is CN(CC(O)C1CC1)C(=O)c1cc[nH]c(=O)c1. The zero-order valence-electron chi connectivity index (χ0n) is 9.72. The van der Waals surface area contributed by atoms with E-state index >= 15 is 0 Å². The van der Waals surface area contributed by atoms with Crippen molar-refractivity contribution in [2.75, 3.05) is 13.6 Å². The molecule has 1 aromatic rings. The minimum absolute atomic E-state index is 0.240. The Morgan fingerprint density at radius 3 is 2.94 bits per heavy atom. The highest BCUT2D eigenvalue weighted by Crippen LogP contribution is 2.32. The fourth-order valence-corrected chi connectivity index (χ4v) is 1.79. The van der Waals surface area contributed by atoms with Gasteiger partial charge in [-0.1, -0.05) is 0 Å². The molecular weight excluding hydrogens is 220 g/mol. The summed E-state index contributed by atoms with van der Waals surface area (Å²) in [6, 6.07) is 2.83. The lowest BCUT2D eigenvalue weighted by molar-refractivity contribution is 0.0645. The molecule has 1 aliphatic carbocycles. The van der Waals surface area contributed by atoms with Crippen molar-refractivity contribution in [2.24, 2.45) is 5.92 Å². The fourth-order valence-electron chi connectivity index (χ4n) is 1.79. The molecule has 0 radical (unpaired) electrons.